The van der Waals surface area contributed by atoms with Crippen LogP contribution in [0.2, 0.25) is 0 Å². The normalized spacial score (nSPS) is 30.2. The molecule has 0 aromatic heterocycles. The zero-order valence-corrected chi connectivity index (χ0v) is 14.2. The van der Waals surface area contributed by atoms with Crippen LogP contribution in [0.4, 0.5) is 0 Å². The molecule has 5 rings (SSSR count). The van der Waals surface area contributed by atoms with E-state index >= 15 is 0 Å². The Labute approximate surface area is 146 Å². The molecule has 130 valence electrons. The van der Waals surface area contributed by atoms with Gasteiger partial charge >= 0.3 is 0 Å². The van der Waals surface area contributed by atoms with Gasteiger partial charge in [-0.15, -0.1) is 0 Å². The molecule has 0 unspecified atom stereocenters. The van der Waals surface area contributed by atoms with Crippen LogP contribution >= 0.6 is 0 Å². The molecule has 4 aliphatic rings. The predicted molar refractivity (Wildman–Crippen MR) is 91.3 cm³/mol. The summed E-state index contributed by atoms with van der Waals surface area (Å²) < 4.78 is 10.5. The maximum absolute atomic E-state index is 12.7. The number of hydrogen-bond donors (Lipinski definition) is 0. The van der Waals surface area contributed by atoms with Crippen LogP contribution in [0, 0.1) is 23.7 Å². The number of allylic oxidation sites excluding steroid dienone is 2. The topological polar surface area (TPSA) is 68.2 Å². The molecule has 2 bridgehead atoms. The molecule has 1 aromatic rings. The molecule has 1 heterocycles. The number of nitrogens with zero attached hydrogens (tertiary/aromatic N) is 2. The number of methoxy groups -OCH3 is 2. The fourth-order valence-corrected chi connectivity index (χ4v) is 4.22. The van der Waals surface area contributed by atoms with Crippen molar-refractivity contribution >= 4 is 18.0 Å². The molecule has 1 aromatic carbocycles. The summed E-state index contributed by atoms with van der Waals surface area (Å²) in [4.78, 5) is 25.4. The van der Waals surface area contributed by atoms with Crippen molar-refractivity contribution in [2.75, 3.05) is 14.2 Å². The molecule has 6 heteroatoms. The molecule has 1 saturated carbocycles. The van der Waals surface area contributed by atoms with Crippen molar-refractivity contribution in [2.45, 2.75) is 12.8 Å². The average molecular weight is 340 g/mol. The highest BCUT2D eigenvalue weighted by Crippen LogP contribution is 2.49. The van der Waals surface area contributed by atoms with Crippen LogP contribution in [0.15, 0.2) is 35.5 Å². The van der Waals surface area contributed by atoms with Crippen LogP contribution in [-0.4, -0.2) is 37.3 Å². The highest BCUT2D eigenvalue weighted by atomic mass is 16.5. The van der Waals surface area contributed by atoms with Crippen LogP contribution in [0.3, 0.4) is 0 Å². The second kappa shape index (κ2) is 6.02. The molecular weight excluding hydrogens is 320 g/mol. The van der Waals surface area contributed by atoms with E-state index in [1.165, 1.54) is 6.21 Å². The minimum atomic E-state index is -0.244. The molecule has 6 nitrogen and oxygen atoms in total. The lowest BCUT2D eigenvalue weighted by molar-refractivity contribution is -0.140. The van der Waals surface area contributed by atoms with Crippen molar-refractivity contribution < 1.29 is 19.1 Å². The number of hydrogen-bond acceptors (Lipinski definition) is 5. The van der Waals surface area contributed by atoms with E-state index < -0.39 is 0 Å². The number of fused-ring (bicyclic) bond motifs is 1. The van der Waals surface area contributed by atoms with Crippen molar-refractivity contribution in [3.05, 3.63) is 35.9 Å². The number of carbonyl (C=O) groups excluding carboxylic acids is 2. The van der Waals surface area contributed by atoms with Crippen molar-refractivity contribution in [1.29, 1.82) is 0 Å². The van der Waals surface area contributed by atoms with Gasteiger partial charge in [0.15, 0.2) is 0 Å². The highest BCUT2D eigenvalue weighted by Gasteiger charge is 2.56. The van der Waals surface area contributed by atoms with Crippen molar-refractivity contribution in [3.8, 4) is 11.5 Å². The van der Waals surface area contributed by atoms with Gasteiger partial charge in [0.25, 0.3) is 11.8 Å². The van der Waals surface area contributed by atoms with Gasteiger partial charge in [0.1, 0.15) is 11.5 Å². The van der Waals surface area contributed by atoms with E-state index in [4.69, 9.17) is 9.47 Å². The van der Waals surface area contributed by atoms with Gasteiger partial charge in [-0.2, -0.15) is 10.1 Å². The lowest BCUT2D eigenvalue weighted by Crippen LogP contribution is -2.38. The lowest BCUT2D eigenvalue weighted by atomic mass is 9.63. The molecule has 0 spiro atoms. The molecule has 1 aliphatic heterocycles. The Balaban J connectivity index is 1.60. The standard InChI is InChI=1S/C19H20N2O4/c1-24-14-8-7-13(15(9-14)25-2)10-20-21-18(22)16-11-3-4-12(6-5-11)17(16)19(21)23/h3-4,7-12,16-17H,5-6H2,1-2H3/b20-10-/t11-,12+,16-,17-/m0/s1. The van der Waals surface area contributed by atoms with Gasteiger partial charge in [0, 0.05) is 11.6 Å². The van der Waals surface area contributed by atoms with Crippen molar-refractivity contribution in [1.82, 2.24) is 5.01 Å². The first-order valence-electron chi connectivity index (χ1n) is 8.46. The van der Waals surface area contributed by atoms with E-state index in [-0.39, 0.29) is 35.5 Å². The molecule has 2 amide bonds. The van der Waals surface area contributed by atoms with Crippen molar-refractivity contribution in [2.24, 2.45) is 28.8 Å². The number of hydrazone groups is 1. The molecule has 1 saturated heterocycles. The molecular formula is C19H20N2O4. The summed E-state index contributed by atoms with van der Waals surface area (Å²) in [5, 5.41) is 5.25. The Hall–Kier alpha value is -2.63. The Morgan fingerprint density at radius 3 is 2.20 bits per heavy atom. The number of rotatable bonds is 4. The second-order valence-electron chi connectivity index (χ2n) is 6.68. The first-order chi connectivity index (χ1) is 12.1. The second-order valence-corrected chi connectivity index (χ2v) is 6.68. The quantitative estimate of drug-likeness (QED) is 0.479. The number of amides is 2. The zero-order valence-electron chi connectivity index (χ0n) is 14.2. The van der Waals surface area contributed by atoms with Gasteiger partial charge in [-0.1, -0.05) is 12.2 Å². The van der Waals surface area contributed by atoms with Crippen LogP contribution in [0.1, 0.15) is 18.4 Å². The largest absolute Gasteiger partial charge is 0.497 e. The molecule has 2 fully saturated rings. The Bertz CT molecular complexity index is 754. The summed E-state index contributed by atoms with van der Waals surface area (Å²) in [5.74, 6) is 0.717. The number of imide groups is 1. The van der Waals surface area contributed by atoms with E-state index in [0.29, 0.717) is 17.1 Å². The lowest BCUT2D eigenvalue weighted by Gasteiger charge is -2.37. The predicted octanol–water partition coefficient (Wildman–Crippen LogP) is 2.23. The Morgan fingerprint density at radius 2 is 1.68 bits per heavy atom. The van der Waals surface area contributed by atoms with Crippen LogP contribution in [-0.2, 0) is 9.59 Å². The van der Waals surface area contributed by atoms with Gasteiger partial charge in [0.05, 0.1) is 32.3 Å². The van der Waals surface area contributed by atoms with Crippen LogP contribution in [0.5, 0.6) is 11.5 Å². The molecule has 3 aliphatic carbocycles. The average Bonchev–Trinajstić information content (AvgIpc) is 2.93. The summed E-state index contributed by atoms with van der Waals surface area (Å²) in [6.07, 6.45) is 7.65. The fourth-order valence-electron chi connectivity index (χ4n) is 4.22. The Morgan fingerprint density at radius 1 is 1.04 bits per heavy atom. The van der Waals surface area contributed by atoms with Crippen LogP contribution < -0.4 is 9.47 Å². The Kier molecular flexibility index (Phi) is 3.82. The first kappa shape index (κ1) is 15.9. The third-order valence-corrected chi connectivity index (χ3v) is 5.49. The SMILES string of the molecule is COc1ccc(/C=N\N2C(=O)[C@@H]3[C@@H](C2=O)[C@H]2C=C[C@@H]3CC2)c(OC)c1. The molecule has 4 atom stereocenters. The molecule has 0 radical (unpaired) electrons. The van der Waals surface area contributed by atoms with Gasteiger partial charge < -0.3 is 9.47 Å². The monoisotopic (exact) mass is 340 g/mol. The maximum Gasteiger partial charge on any atom is 0.254 e. The zero-order chi connectivity index (χ0) is 17.6. The maximum atomic E-state index is 12.7. The van der Waals surface area contributed by atoms with E-state index in [1.54, 1.807) is 32.4 Å². The highest BCUT2D eigenvalue weighted by molar-refractivity contribution is 6.06. The van der Waals surface area contributed by atoms with E-state index in [9.17, 15) is 9.59 Å². The van der Waals surface area contributed by atoms with E-state index in [2.05, 4.69) is 17.3 Å². The number of carbonyl (C=O) groups is 2. The van der Waals surface area contributed by atoms with E-state index in [0.717, 1.165) is 17.9 Å². The minimum Gasteiger partial charge on any atom is -0.497 e. The van der Waals surface area contributed by atoms with E-state index in [1.807, 2.05) is 0 Å². The fraction of sp³-hybridized carbons (Fsp3) is 0.421. The smallest absolute Gasteiger partial charge is 0.254 e. The number of benzene rings is 1. The summed E-state index contributed by atoms with van der Waals surface area (Å²) in [5.41, 5.74) is 0.680. The minimum absolute atomic E-state index is 0.169. The summed E-state index contributed by atoms with van der Waals surface area (Å²) >= 11 is 0. The van der Waals surface area contributed by atoms with Gasteiger partial charge in [0.2, 0.25) is 0 Å². The van der Waals surface area contributed by atoms with Crippen LogP contribution in [0.25, 0.3) is 0 Å². The van der Waals surface area contributed by atoms with Gasteiger partial charge in [-0.05, 0) is 36.8 Å². The molecule has 0 N–H and O–H groups in total. The third-order valence-electron chi connectivity index (χ3n) is 5.49. The van der Waals surface area contributed by atoms with Crippen molar-refractivity contribution in [3.63, 3.8) is 0 Å². The summed E-state index contributed by atoms with van der Waals surface area (Å²) in [6, 6.07) is 5.30. The molecule has 25 heavy (non-hydrogen) atoms. The summed E-state index contributed by atoms with van der Waals surface area (Å²) in [7, 11) is 3.13. The van der Waals surface area contributed by atoms with Gasteiger partial charge in [-0.25, -0.2) is 0 Å². The first-order valence-corrected chi connectivity index (χ1v) is 8.46. The summed E-state index contributed by atoms with van der Waals surface area (Å²) in [6.45, 7) is 0. The number of ether oxygens (including phenoxy) is 2. The third kappa shape index (κ3) is 2.44. The van der Waals surface area contributed by atoms with Gasteiger partial charge in [-0.3, -0.25) is 9.59 Å².